The molecule has 0 aliphatic carbocycles. The van der Waals surface area contributed by atoms with Crippen LogP contribution in [-0.2, 0) is 10.2 Å². The number of anilines is 1. The van der Waals surface area contributed by atoms with Crippen molar-refractivity contribution in [3.8, 4) is 6.07 Å². The molecule has 0 radical (unpaired) electrons. The van der Waals surface area contributed by atoms with Gasteiger partial charge in [0.2, 0.25) is 5.91 Å². The first-order chi connectivity index (χ1) is 8.85. The third-order valence-electron chi connectivity index (χ3n) is 3.00. The van der Waals surface area contributed by atoms with E-state index in [2.05, 4.69) is 11.4 Å². The fourth-order valence-corrected chi connectivity index (χ4v) is 1.62. The Balaban J connectivity index is 2.63. The van der Waals surface area contributed by atoms with Gasteiger partial charge in [-0.3, -0.25) is 4.79 Å². The number of amides is 1. The van der Waals surface area contributed by atoms with Crippen LogP contribution in [0.2, 0.25) is 0 Å². The maximum Gasteiger partial charge on any atom is 0.224 e. The molecule has 1 aromatic rings. The van der Waals surface area contributed by atoms with Gasteiger partial charge in [0.1, 0.15) is 0 Å². The highest BCUT2D eigenvalue weighted by molar-refractivity contribution is 5.90. The van der Waals surface area contributed by atoms with Crippen molar-refractivity contribution in [2.24, 2.45) is 5.73 Å². The van der Waals surface area contributed by atoms with Crippen LogP contribution in [0.1, 0.15) is 39.2 Å². The number of nitrogens with one attached hydrogen (secondary N) is 1. The molecule has 1 amide bonds. The van der Waals surface area contributed by atoms with E-state index in [0.29, 0.717) is 12.8 Å². The maximum absolute atomic E-state index is 11.6. The molecule has 0 spiro atoms. The molecule has 1 unspecified atom stereocenters. The van der Waals surface area contributed by atoms with Crippen LogP contribution in [0.4, 0.5) is 5.69 Å². The lowest BCUT2D eigenvalue weighted by Gasteiger charge is -2.16. The minimum absolute atomic E-state index is 0.0320. The number of nitrogens with two attached hydrogens (primary N) is 1. The second-order valence-corrected chi connectivity index (χ2v) is 5.38. The van der Waals surface area contributed by atoms with Crippen LogP contribution >= 0.6 is 0 Å². The van der Waals surface area contributed by atoms with Crippen molar-refractivity contribution in [1.29, 1.82) is 5.26 Å². The molecule has 19 heavy (non-hydrogen) atoms. The molecule has 0 aliphatic heterocycles. The maximum atomic E-state index is 11.6. The van der Waals surface area contributed by atoms with Crippen LogP contribution in [0, 0.1) is 11.3 Å². The predicted molar refractivity (Wildman–Crippen MR) is 76.6 cm³/mol. The first kappa shape index (κ1) is 15.2. The summed E-state index contributed by atoms with van der Waals surface area (Å²) in [6.45, 7) is 5.61. The molecule has 102 valence electrons. The average molecular weight is 259 g/mol. The summed E-state index contributed by atoms with van der Waals surface area (Å²) in [7, 11) is 0. The smallest absolute Gasteiger partial charge is 0.224 e. The van der Waals surface area contributed by atoms with Crippen LogP contribution in [0.15, 0.2) is 24.3 Å². The van der Waals surface area contributed by atoms with E-state index in [4.69, 9.17) is 11.0 Å². The van der Waals surface area contributed by atoms with Gasteiger partial charge in [0, 0.05) is 18.2 Å². The summed E-state index contributed by atoms with van der Waals surface area (Å²) in [6.07, 6.45) is 1.09. The third kappa shape index (κ3) is 4.72. The van der Waals surface area contributed by atoms with Gasteiger partial charge >= 0.3 is 0 Å². The van der Waals surface area contributed by atoms with Gasteiger partial charge in [-0.25, -0.2) is 0 Å². The molecule has 0 aliphatic rings. The Hall–Kier alpha value is -1.86. The average Bonchev–Trinajstić information content (AvgIpc) is 2.37. The van der Waals surface area contributed by atoms with Crippen LogP contribution in [0.25, 0.3) is 0 Å². The lowest BCUT2D eigenvalue weighted by Crippen LogP contribution is -2.19. The van der Waals surface area contributed by atoms with Crippen molar-refractivity contribution < 1.29 is 4.79 Å². The molecule has 0 heterocycles. The van der Waals surface area contributed by atoms with Gasteiger partial charge < -0.3 is 11.1 Å². The van der Waals surface area contributed by atoms with E-state index in [9.17, 15) is 4.79 Å². The molecule has 0 saturated heterocycles. The van der Waals surface area contributed by atoms with E-state index in [-0.39, 0.29) is 11.9 Å². The van der Waals surface area contributed by atoms with E-state index in [1.165, 1.54) is 0 Å². The highest BCUT2D eigenvalue weighted by Gasteiger charge is 2.19. The zero-order valence-corrected chi connectivity index (χ0v) is 11.7. The minimum Gasteiger partial charge on any atom is -0.328 e. The Kier molecular flexibility index (Phi) is 5.08. The Labute approximate surface area is 114 Å². The monoisotopic (exact) mass is 259 g/mol. The minimum atomic E-state index is -0.516. The lowest BCUT2D eigenvalue weighted by atomic mass is 9.86. The van der Waals surface area contributed by atoms with E-state index in [1.807, 2.05) is 45.0 Å². The van der Waals surface area contributed by atoms with Crippen molar-refractivity contribution in [2.45, 2.75) is 45.1 Å². The van der Waals surface area contributed by atoms with Crippen LogP contribution in [0.5, 0.6) is 0 Å². The van der Waals surface area contributed by atoms with Gasteiger partial charge in [-0.05, 0) is 44.9 Å². The molecule has 0 bridgehead atoms. The highest BCUT2D eigenvalue weighted by atomic mass is 16.1. The van der Waals surface area contributed by atoms with Gasteiger partial charge in [0.05, 0.1) is 11.5 Å². The molecule has 0 saturated carbocycles. The molecule has 3 N–H and O–H groups in total. The number of rotatable bonds is 5. The lowest BCUT2D eigenvalue weighted by molar-refractivity contribution is -0.116. The number of hydrogen-bond acceptors (Lipinski definition) is 3. The Morgan fingerprint density at radius 2 is 2.00 bits per heavy atom. The molecule has 0 fully saturated rings. The zero-order chi connectivity index (χ0) is 14.5. The number of carbonyl (C=O) groups excluding carboxylic acids is 1. The first-order valence-corrected chi connectivity index (χ1v) is 6.42. The Morgan fingerprint density at radius 3 is 2.47 bits per heavy atom. The van der Waals surface area contributed by atoms with Gasteiger partial charge in [0.25, 0.3) is 0 Å². The highest BCUT2D eigenvalue weighted by Crippen LogP contribution is 2.23. The molecule has 1 rings (SSSR count). The fourth-order valence-electron chi connectivity index (χ4n) is 1.62. The molecular formula is C15H21N3O. The first-order valence-electron chi connectivity index (χ1n) is 6.42. The van der Waals surface area contributed by atoms with Gasteiger partial charge in [-0.15, -0.1) is 0 Å². The summed E-state index contributed by atoms with van der Waals surface area (Å²) >= 11 is 0. The van der Waals surface area contributed by atoms with Crippen LogP contribution in [-0.4, -0.2) is 11.9 Å². The molecule has 4 heteroatoms. The van der Waals surface area contributed by atoms with Crippen LogP contribution in [0.3, 0.4) is 0 Å². The number of hydrogen-bond donors (Lipinski definition) is 2. The normalized spacial score (nSPS) is 12.6. The molecule has 4 nitrogen and oxygen atoms in total. The molecule has 1 atom stereocenters. The largest absolute Gasteiger partial charge is 0.328 e. The summed E-state index contributed by atoms with van der Waals surface area (Å²) in [5, 5.41) is 11.9. The summed E-state index contributed by atoms with van der Waals surface area (Å²) in [5.74, 6) is -0.0374. The quantitative estimate of drug-likeness (QED) is 0.852. The van der Waals surface area contributed by atoms with Crippen LogP contribution < -0.4 is 11.1 Å². The Morgan fingerprint density at radius 1 is 1.42 bits per heavy atom. The predicted octanol–water partition coefficient (Wildman–Crippen LogP) is 2.55. The summed E-state index contributed by atoms with van der Waals surface area (Å²) in [5.41, 5.74) is 6.77. The second kappa shape index (κ2) is 6.35. The summed E-state index contributed by atoms with van der Waals surface area (Å²) in [4.78, 5) is 11.6. The second-order valence-electron chi connectivity index (χ2n) is 5.38. The third-order valence-corrected chi connectivity index (χ3v) is 3.00. The van der Waals surface area contributed by atoms with Crippen molar-refractivity contribution in [3.05, 3.63) is 29.8 Å². The van der Waals surface area contributed by atoms with Gasteiger partial charge in [0.15, 0.2) is 0 Å². The van der Waals surface area contributed by atoms with Crippen molar-refractivity contribution in [2.75, 3.05) is 5.32 Å². The van der Waals surface area contributed by atoms with Gasteiger partial charge in [-0.1, -0.05) is 12.1 Å². The van der Waals surface area contributed by atoms with E-state index in [0.717, 1.165) is 11.3 Å². The van der Waals surface area contributed by atoms with Crippen molar-refractivity contribution in [1.82, 2.24) is 0 Å². The number of benzene rings is 1. The van der Waals surface area contributed by atoms with E-state index >= 15 is 0 Å². The van der Waals surface area contributed by atoms with E-state index < -0.39 is 5.41 Å². The van der Waals surface area contributed by atoms with Crippen molar-refractivity contribution in [3.63, 3.8) is 0 Å². The van der Waals surface area contributed by atoms with Crippen molar-refractivity contribution >= 4 is 11.6 Å². The number of nitrogens with zero attached hydrogens (tertiary/aromatic N) is 1. The Bertz CT molecular complexity index is 469. The van der Waals surface area contributed by atoms with E-state index in [1.54, 1.807) is 0 Å². The number of carbonyl (C=O) groups is 1. The summed E-state index contributed by atoms with van der Waals surface area (Å²) < 4.78 is 0. The molecular weight excluding hydrogens is 238 g/mol. The fraction of sp³-hybridized carbons (Fsp3) is 0.467. The number of nitriles is 1. The topological polar surface area (TPSA) is 78.9 Å². The standard InChI is InChI=1S/C15H21N3O/c1-11(17)4-9-14(19)18-13-7-5-12(6-8-13)15(2,3)10-16/h5-8,11H,4,9,17H2,1-3H3,(H,18,19). The zero-order valence-electron chi connectivity index (χ0n) is 11.7. The molecule has 1 aromatic carbocycles. The molecule has 0 aromatic heterocycles. The van der Waals surface area contributed by atoms with Gasteiger partial charge in [-0.2, -0.15) is 5.26 Å². The SMILES string of the molecule is CC(N)CCC(=O)Nc1ccc(C(C)(C)C#N)cc1. The summed E-state index contributed by atoms with van der Waals surface area (Å²) in [6, 6.07) is 9.65.